The average Bonchev–Trinajstić information content (AvgIpc) is 2.33. The summed E-state index contributed by atoms with van der Waals surface area (Å²) in [7, 11) is 3.03. The summed E-state index contributed by atoms with van der Waals surface area (Å²) in [5.74, 6) is -1.69. The Morgan fingerprint density at radius 2 is 1.90 bits per heavy atom. The number of carbonyl (C=O) groups excluding carboxylic acids is 2. The minimum absolute atomic E-state index is 0.178. The third-order valence-corrected chi connectivity index (χ3v) is 2.74. The van der Waals surface area contributed by atoms with Crippen LogP contribution >= 0.6 is 0 Å². The number of hydrogen-bond acceptors (Lipinski definition) is 4. The molecular formula is C12H23N3O5. The zero-order valence-corrected chi connectivity index (χ0v) is 12.3. The van der Waals surface area contributed by atoms with Crippen molar-refractivity contribution in [3.63, 3.8) is 0 Å². The molecule has 116 valence electrons. The van der Waals surface area contributed by atoms with Crippen LogP contribution in [0, 0.1) is 5.92 Å². The van der Waals surface area contributed by atoms with Gasteiger partial charge in [0.15, 0.2) is 0 Å². The quantitative estimate of drug-likeness (QED) is 0.491. The minimum Gasteiger partial charge on any atom is -0.481 e. The predicted octanol–water partition coefficient (Wildman–Crippen LogP) is -0.764. The van der Waals surface area contributed by atoms with Crippen molar-refractivity contribution < 1.29 is 24.6 Å². The van der Waals surface area contributed by atoms with Gasteiger partial charge in [-0.2, -0.15) is 0 Å². The molecule has 0 aromatic heterocycles. The van der Waals surface area contributed by atoms with Gasteiger partial charge in [-0.25, -0.2) is 4.79 Å². The van der Waals surface area contributed by atoms with Gasteiger partial charge in [0.2, 0.25) is 5.91 Å². The van der Waals surface area contributed by atoms with Gasteiger partial charge in [-0.15, -0.1) is 0 Å². The topological polar surface area (TPSA) is 119 Å². The minimum atomic E-state index is -1.52. The van der Waals surface area contributed by atoms with Crippen molar-refractivity contribution in [1.29, 1.82) is 0 Å². The summed E-state index contributed by atoms with van der Waals surface area (Å²) in [6, 6.07) is -0.480. The highest BCUT2D eigenvalue weighted by atomic mass is 16.4. The first-order valence-electron chi connectivity index (χ1n) is 6.24. The van der Waals surface area contributed by atoms with Gasteiger partial charge in [-0.05, 0) is 6.92 Å². The molecule has 0 aliphatic rings. The van der Waals surface area contributed by atoms with Crippen LogP contribution in [-0.2, 0) is 9.59 Å². The van der Waals surface area contributed by atoms with Gasteiger partial charge in [0.1, 0.15) is 0 Å². The lowest BCUT2D eigenvalue weighted by molar-refractivity contribution is -0.141. The molecule has 0 heterocycles. The molecule has 3 amide bonds. The highest BCUT2D eigenvalue weighted by Crippen LogP contribution is 2.07. The van der Waals surface area contributed by atoms with E-state index in [1.807, 2.05) is 0 Å². The highest BCUT2D eigenvalue weighted by Gasteiger charge is 2.26. The summed E-state index contributed by atoms with van der Waals surface area (Å²) in [6.45, 7) is 3.04. The number of carboxylic acids is 1. The van der Waals surface area contributed by atoms with Crippen LogP contribution in [0.2, 0.25) is 0 Å². The van der Waals surface area contributed by atoms with Gasteiger partial charge in [-0.3, -0.25) is 9.59 Å². The van der Waals surface area contributed by atoms with E-state index in [1.165, 1.54) is 25.9 Å². The summed E-state index contributed by atoms with van der Waals surface area (Å²) in [5, 5.41) is 23.3. The largest absolute Gasteiger partial charge is 0.481 e. The van der Waals surface area contributed by atoms with Gasteiger partial charge in [-0.1, -0.05) is 6.92 Å². The van der Waals surface area contributed by atoms with Crippen LogP contribution in [0.4, 0.5) is 4.79 Å². The van der Waals surface area contributed by atoms with Gasteiger partial charge >= 0.3 is 12.0 Å². The van der Waals surface area contributed by atoms with Crippen molar-refractivity contribution in [2.75, 3.05) is 27.2 Å². The summed E-state index contributed by atoms with van der Waals surface area (Å²) in [6.07, 6.45) is -0.467. The van der Waals surface area contributed by atoms with Gasteiger partial charge < -0.3 is 25.7 Å². The van der Waals surface area contributed by atoms with Crippen LogP contribution in [0.25, 0.3) is 0 Å². The Morgan fingerprint density at radius 3 is 2.35 bits per heavy atom. The molecule has 0 bridgehead atoms. The van der Waals surface area contributed by atoms with E-state index in [0.29, 0.717) is 0 Å². The fourth-order valence-corrected chi connectivity index (χ4v) is 1.61. The van der Waals surface area contributed by atoms with Crippen LogP contribution in [0.1, 0.15) is 20.3 Å². The molecule has 0 fully saturated rings. The van der Waals surface area contributed by atoms with Crippen LogP contribution < -0.4 is 10.6 Å². The SMILES string of the molecule is CNC(=O)C(C)CN(C)C(=O)NCC(C)(O)CC(=O)O. The molecular weight excluding hydrogens is 266 g/mol. The lowest BCUT2D eigenvalue weighted by atomic mass is 10.0. The maximum absolute atomic E-state index is 11.7. The monoisotopic (exact) mass is 289 g/mol. The van der Waals surface area contributed by atoms with E-state index in [2.05, 4.69) is 10.6 Å². The Hall–Kier alpha value is -1.83. The third-order valence-electron chi connectivity index (χ3n) is 2.74. The average molecular weight is 289 g/mol. The molecule has 8 heteroatoms. The van der Waals surface area contributed by atoms with E-state index in [9.17, 15) is 19.5 Å². The van der Waals surface area contributed by atoms with E-state index in [4.69, 9.17) is 5.11 Å². The van der Waals surface area contributed by atoms with E-state index >= 15 is 0 Å². The molecule has 0 aromatic rings. The van der Waals surface area contributed by atoms with Crippen LogP contribution in [-0.4, -0.2) is 65.8 Å². The number of hydrogen-bond donors (Lipinski definition) is 4. The van der Waals surface area contributed by atoms with Gasteiger partial charge in [0.05, 0.1) is 17.9 Å². The maximum atomic E-state index is 11.7. The molecule has 0 aromatic carbocycles. The predicted molar refractivity (Wildman–Crippen MR) is 72.1 cm³/mol. The Balaban J connectivity index is 4.27. The summed E-state index contributed by atoms with van der Waals surface area (Å²) in [4.78, 5) is 34.9. The van der Waals surface area contributed by atoms with Crippen LogP contribution in [0.3, 0.4) is 0 Å². The fourth-order valence-electron chi connectivity index (χ4n) is 1.61. The Labute approximate surface area is 118 Å². The molecule has 8 nitrogen and oxygen atoms in total. The van der Waals surface area contributed by atoms with Gasteiger partial charge in [0.25, 0.3) is 0 Å². The molecule has 4 N–H and O–H groups in total. The first-order valence-corrected chi connectivity index (χ1v) is 6.24. The smallest absolute Gasteiger partial charge is 0.317 e. The zero-order valence-electron chi connectivity index (χ0n) is 12.3. The van der Waals surface area contributed by atoms with Crippen molar-refractivity contribution in [2.24, 2.45) is 5.92 Å². The second kappa shape index (κ2) is 7.68. The molecule has 2 unspecified atom stereocenters. The molecule has 20 heavy (non-hydrogen) atoms. The Morgan fingerprint density at radius 1 is 1.35 bits per heavy atom. The Bertz CT molecular complexity index is 370. The van der Waals surface area contributed by atoms with Crippen molar-refractivity contribution in [2.45, 2.75) is 25.9 Å². The third kappa shape index (κ3) is 6.93. The second-order valence-corrected chi connectivity index (χ2v) is 5.12. The molecule has 0 saturated carbocycles. The number of carboxylic acid groups (broad SMARTS) is 1. The number of rotatable bonds is 7. The first-order chi connectivity index (χ1) is 9.09. The number of carbonyl (C=O) groups is 3. The maximum Gasteiger partial charge on any atom is 0.317 e. The number of aliphatic carboxylic acids is 1. The van der Waals surface area contributed by atoms with E-state index in [0.717, 1.165) is 0 Å². The number of nitrogens with one attached hydrogen (secondary N) is 2. The van der Waals surface area contributed by atoms with Gasteiger partial charge in [0, 0.05) is 27.2 Å². The number of nitrogens with zero attached hydrogens (tertiary/aromatic N) is 1. The summed E-state index contributed by atoms with van der Waals surface area (Å²) in [5.41, 5.74) is -1.52. The summed E-state index contributed by atoms with van der Waals surface area (Å²) >= 11 is 0. The molecule has 0 rings (SSSR count). The molecule has 0 aliphatic heterocycles. The Kier molecular flexibility index (Phi) is 6.98. The van der Waals surface area contributed by atoms with E-state index in [-0.39, 0.29) is 24.9 Å². The standard InChI is InChI=1S/C12H23N3O5/c1-8(10(18)13-3)6-15(4)11(19)14-7-12(2,20)5-9(16)17/h8,20H,5-7H2,1-4H3,(H,13,18)(H,14,19)(H,16,17). The fraction of sp³-hybridized carbons (Fsp3) is 0.750. The molecule has 0 aliphatic carbocycles. The number of amides is 3. The van der Waals surface area contributed by atoms with Crippen molar-refractivity contribution >= 4 is 17.9 Å². The van der Waals surface area contributed by atoms with Crippen LogP contribution in [0.15, 0.2) is 0 Å². The van der Waals surface area contributed by atoms with Crippen molar-refractivity contribution in [3.8, 4) is 0 Å². The number of urea groups is 1. The number of aliphatic hydroxyl groups is 1. The molecule has 0 saturated heterocycles. The van der Waals surface area contributed by atoms with Crippen molar-refractivity contribution in [3.05, 3.63) is 0 Å². The summed E-state index contributed by atoms with van der Waals surface area (Å²) < 4.78 is 0. The van der Waals surface area contributed by atoms with Crippen LogP contribution in [0.5, 0.6) is 0 Å². The molecule has 2 atom stereocenters. The highest BCUT2D eigenvalue weighted by molar-refractivity contribution is 5.79. The lowest BCUT2D eigenvalue weighted by Crippen LogP contribution is -2.48. The van der Waals surface area contributed by atoms with Crippen molar-refractivity contribution in [1.82, 2.24) is 15.5 Å². The second-order valence-electron chi connectivity index (χ2n) is 5.12. The lowest BCUT2D eigenvalue weighted by Gasteiger charge is -2.25. The molecule has 0 radical (unpaired) electrons. The van der Waals surface area contributed by atoms with E-state index < -0.39 is 24.0 Å². The van der Waals surface area contributed by atoms with E-state index in [1.54, 1.807) is 6.92 Å². The zero-order chi connectivity index (χ0) is 15.9. The first kappa shape index (κ1) is 18.2. The molecule has 0 spiro atoms. The normalized spacial score (nSPS) is 14.8.